The minimum absolute atomic E-state index is 0.0967. The monoisotopic (exact) mass is 378 g/mol. The lowest BCUT2D eigenvalue weighted by Crippen LogP contribution is -2.24. The molecule has 5 N–H and O–H groups in total. The fourth-order valence-electron chi connectivity index (χ4n) is 2.19. The van der Waals surface area contributed by atoms with E-state index in [0.717, 1.165) is 12.8 Å². The highest BCUT2D eigenvalue weighted by Gasteiger charge is 2.23. The number of carbonyl (C=O) groups excluding carboxylic acids is 1. The standard InChI is InChI=1S/C18H24F2N6O/c1-4-22-18(27)13-9-23-16(8-14(13)26-12-5-6-12)24-10(2)7-15(21)25-11(3)17(19)20/h7-9,12,17H,2,4-6,21H2,1,3H3,(H,22,27)(H2,23,24,26)/b15-7-,25-11+. The van der Waals surface area contributed by atoms with Gasteiger partial charge in [-0.1, -0.05) is 6.58 Å². The molecule has 0 spiro atoms. The molecule has 9 heteroatoms. The molecule has 1 aliphatic rings. The van der Waals surface area contributed by atoms with Gasteiger partial charge in [-0.05, 0) is 26.7 Å². The van der Waals surface area contributed by atoms with E-state index in [2.05, 4.69) is 32.5 Å². The summed E-state index contributed by atoms with van der Waals surface area (Å²) in [5.74, 6) is 0.134. The topological polar surface area (TPSA) is 104 Å². The first-order valence-electron chi connectivity index (χ1n) is 8.61. The number of nitrogens with zero attached hydrogens (tertiary/aromatic N) is 2. The Balaban J connectivity index is 2.14. The number of rotatable bonds is 9. The highest BCUT2D eigenvalue weighted by molar-refractivity contribution is 5.99. The number of halogens is 2. The summed E-state index contributed by atoms with van der Waals surface area (Å²) in [5, 5.41) is 8.97. The number of alkyl halides is 2. The zero-order valence-corrected chi connectivity index (χ0v) is 15.4. The minimum atomic E-state index is -2.67. The number of nitrogens with one attached hydrogen (secondary N) is 3. The Morgan fingerprint density at radius 1 is 1.52 bits per heavy atom. The van der Waals surface area contributed by atoms with Gasteiger partial charge in [0, 0.05) is 36.6 Å². The summed E-state index contributed by atoms with van der Waals surface area (Å²) in [7, 11) is 0. The molecule has 27 heavy (non-hydrogen) atoms. The van der Waals surface area contributed by atoms with Crippen LogP contribution in [0, 0.1) is 0 Å². The molecule has 1 amide bonds. The van der Waals surface area contributed by atoms with Crippen molar-refractivity contribution in [2.24, 2.45) is 10.7 Å². The third-order valence-electron chi connectivity index (χ3n) is 3.65. The maximum Gasteiger partial charge on any atom is 0.276 e. The summed E-state index contributed by atoms with van der Waals surface area (Å²) in [5.41, 5.74) is 6.69. The maximum atomic E-state index is 12.5. The predicted molar refractivity (Wildman–Crippen MR) is 103 cm³/mol. The second-order valence-corrected chi connectivity index (χ2v) is 6.17. The summed E-state index contributed by atoms with van der Waals surface area (Å²) in [6, 6.07) is 2.05. The number of allylic oxidation sites excluding steroid dienone is 1. The van der Waals surface area contributed by atoms with Crippen LogP contribution in [0.1, 0.15) is 37.0 Å². The SMILES string of the molecule is C=C(/C=C(N)\N=C(/C)C(F)F)Nc1cc(NC2CC2)c(C(=O)NCC)cn1. The Bertz CT molecular complexity index is 771. The van der Waals surface area contributed by atoms with Gasteiger partial charge in [-0.15, -0.1) is 0 Å². The fourth-order valence-corrected chi connectivity index (χ4v) is 2.19. The average molecular weight is 378 g/mol. The smallest absolute Gasteiger partial charge is 0.276 e. The molecule has 0 radical (unpaired) electrons. The third kappa shape index (κ3) is 6.36. The summed E-state index contributed by atoms with van der Waals surface area (Å²) in [4.78, 5) is 20.0. The van der Waals surface area contributed by atoms with Crippen molar-refractivity contribution in [1.29, 1.82) is 0 Å². The molecular formula is C18H24F2N6O. The molecule has 0 atom stereocenters. The Morgan fingerprint density at radius 2 is 2.22 bits per heavy atom. The molecule has 146 valence electrons. The molecule has 0 bridgehead atoms. The van der Waals surface area contributed by atoms with Crippen molar-refractivity contribution in [2.45, 2.75) is 39.2 Å². The number of amides is 1. The molecule has 0 aliphatic heterocycles. The van der Waals surface area contributed by atoms with Crippen molar-refractivity contribution in [3.63, 3.8) is 0 Å². The van der Waals surface area contributed by atoms with Crippen molar-refractivity contribution in [1.82, 2.24) is 10.3 Å². The Kier molecular flexibility index (Phi) is 6.86. The van der Waals surface area contributed by atoms with Crippen LogP contribution in [0.2, 0.25) is 0 Å². The van der Waals surface area contributed by atoms with Crippen molar-refractivity contribution in [2.75, 3.05) is 17.2 Å². The number of hydrogen-bond donors (Lipinski definition) is 4. The van der Waals surface area contributed by atoms with Crippen LogP contribution in [0.15, 0.2) is 41.4 Å². The van der Waals surface area contributed by atoms with E-state index >= 15 is 0 Å². The molecule has 0 unspecified atom stereocenters. The molecule has 7 nitrogen and oxygen atoms in total. The molecule has 1 aromatic rings. The number of aromatic nitrogens is 1. The van der Waals surface area contributed by atoms with E-state index in [1.165, 1.54) is 19.2 Å². The van der Waals surface area contributed by atoms with Crippen LogP contribution in [0.25, 0.3) is 0 Å². The van der Waals surface area contributed by atoms with Gasteiger partial charge >= 0.3 is 0 Å². The minimum Gasteiger partial charge on any atom is -0.384 e. The fraction of sp³-hybridized carbons (Fsp3) is 0.389. The van der Waals surface area contributed by atoms with E-state index in [0.29, 0.717) is 35.4 Å². The van der Waals surface area contributed by atoms with Gasteiger partial charge in [0.2, 0.25) is 0 Å². The molecule has 1 aliphatic carbocycles. The van der Waals surface area contributed by atoms with E-state index in [4.69, 9.17) is 5.73 Å². The van der Waals surface area contributed by atoms with Crippen LogP contribution in [-0.4, -0.2) is 35.6 Å². The lowest BCUT2D eigenvalue weighted by atomic mass is 10.2. The first-order valence-corrected chi connectivity index (χ1v) is 8.61. The normalized spacial score (nSPS) is 14.9. The van der Waals surface area contributed by atoms with Crippen LogP contribution in [-0.2, 0) is 0 Å². The van der Waals surface area contributed by atoms with Gasteiger partial charge in [-0.25, -0.2) is 18.8 Å². The summed E-state index contributed by atoms with van der Waals surface area (Å²) in [6.07, 6.45) is 2.23. The second kappa shape index (κ2) is 9.11. The van der Waals surface area contributed by atoms with Gasteiger partial charge in [-0.2, -0.15) is 0 Å². The molecule has 1 heterocycles. The van der Waals surface area contributed by atoms with E-state index in [1.807, 2.05) is 6.92 Å². The summed E-state index contributed by atoms with van der Waals surface area (Å²) < 4.78 is 25.0. The highest BCUT2D eigenvalue weighted by atomic mass is 19.3. The quantitative estimate of drug-likeness (QED) is 0.391. The first kappa shape index (κ1) is 20.3. The van der Waals surface area contributed by atoms with Gasteiger partial charge in [0.25, 0.3) is 12.3 Å². The van der Waals surface area contributed by atoms with E-state index in [-0.39, 0.29) is 17.4 Å². The van der Waals surface area contributed by atoms with Gasteiger partial charge in [-0.3, -0.25) is 4.79 Å². The number of hydrogen-bond acceptors (Lipinski definition) is 6. The Hall–Kier alpha value is -2.97. The number of carbonyl (C=O) groups is 1. The highest BCUT2D eigenvalue weighted by Crippen LogP contribution is 2.28. The van der Waals surface area contributed by atoms with Gasteiger partial charge in [0.15, 0.2) is 0 Å². The van der Waals surface area contributed by atoms with Crippen molar-refractivity contribution in [3.8, 4) is 0 Å². The van der Waals surface area contributed by atoms with Crippen molar-refractivity contribution in [3.05, 3.63) is 42.0 Å². The molecule has 0 aromatic carbocycles. The maximum absolute atomic E-state index is 12.5. The summed E-state index contributed by atoms with van der Waals surface area (Å²) >= 11 is 0. The van der Waals surface area contributed by atoms with Gasteiger partial charge in [0.05, 0.1) is 17.0 Å². The van der Waals surface area contributed by atoms with Crippen molar-refractivity contribution >= 4 is 23.1 Å². The average Bonchev–Trinajstić information content (AvgIpc) is 3.38. The molecule has 2 rings (SSSR count). The first-order chi connectivity index (χ1) is 12.8. The number of aliphatic imine (C=N–C) groups is 1. The van der Waals surface area contributed by atoms with E-state index in [9.17, 15) is 13.6 Å². The Labute approximate surface area is 156 Å². The van der Waals surface area contributed by atoms with E-state index < -0.39 is 6.43 Å². The lowest BCUT2D eigenvalue weighted by Gasteiger charge is -2.13. The molecule has 1 aromatic heterocycles. The van der Waals surface area contributed by atoms with Crippen LogP contribution in [0.5, 0.6) is 0 Å². The zero-order valence-electron chi connectivity index (χ0n) is 15.4. The molecule has 1 saturated carbocycles. The number of anilines is 2. The lowest BCUT2D eigenvalue weighted by molar-refractivity contribution is 0.0956. The third-order valence-corrected chi connectivity index (χ3v) is 3.65. The Morgan fingerprint density at radius 3 is 2.81 bits per heavy atom. The van der Waals surface area contributed by atoms with Crippen LogP contribution < -0.4 is 21.7 Å². The number of pyridine rings is 1. The van der Waals surface area contributed by atoms with Gasteiger partial charge in [0.1, 0.15) is 11.6 Å². The zero-order chi connectivity index (χ0) is 20.0. The summed E-state index contributed by atoms with van der Waals surface area (Å²) in [6.45, 7) is 7.32. The molecular weight excluding hydrogens is 354 g/mol. The number of nitrogens with two attached hydrogens (primary N) is 1. The molecule has 1 fully saturated rings. The van der Waals surface area contributed by atoms with Crippen LogP contribution in [0.4, 0.5) is 20.3 Å². The van der Waals surface area contributed by atoms with Crippen LogP contribution in [0.3, 0.4) is 0 Å². The van der Waals surface area contributed by atoms with E-state index in [1.54, 1.807) is 6.07 Å². The second-order valence-electron chi connectivity index (χ2n) is 6.17. The van der Waals surface area contributed by atoms with Crippen LogP contribution >= 0.6 is 0 Å². The largest absolute Gasteiger partial charge is 0.384 e. The van der Waals surface area contributed by atoms with Crippen molar-refractivity contribution < 1.29 is 13.6 Å². The molecule has 0 saturated heterocycles. The van der Waals surface area contributed by atoms with Gasteiger partial charge < -0.3 is 21.7 Å². The predicted octanol–water partition coefficient (Wildman–Crippen LogP) is 2.86.